The SMILES string of the molecule is CCCCCCCCC=CCCCCCCCC(N)=O.CCCCCCCCC=CCCCCCCCC(N)=O.NCCN. The van der Waals surface area contributed by atoms with Crippen LogP contribution >= 0.6 is 0 Å². The summed E-state index contributed by atoms with van der Waals surface area (Å²) in [7, 11) is 0. The van der Waals surface area contributed by atoms with Gasteiger partial charge in [0, 0.05) is 25.9 Å². The molecule has 0 aliphatic carbocycles. The molecule has 0 saturated heterocycles. The maximum atomic E-state index is 10.5. The number of hydrogen-bond acceptors (Lipinski definition) is 4. The lowest BCUT2D eigenvalue weighted by atomic mass is 10.1. The lowest BCUT2D eigenvalue weighted by molar-refractivity contribution is -0.119. The van der Waals surface area contributed by atoms with Crippen LogP contribution in [0.15, 0.2) is 24.3 Å². The Labute approximate surface area is 275 Å². The summed E-state index contributed by atoms with van der Waals surface area (Å²) in [6, 6.07) is 0. The molecule has 2 amide bonds. The molecule has 44 heavy (non-hydrogen) atoms. The number of unbranched alkanes of at least 4 members (excludes halogenated alkanes) is 22. The molecular formula is C38H78N4O2. The number of primary amides is 2. The molecule has 0 rings (SSSR count). The summed E-state index contributed by atoms with van der Waals surface area (Å²) in [6.45, 7) is 5.72. The Morgan fingerprint density at radius 2 is 0.614 bits per heavy atom. The Morgan fingerprint density at radius 1 is 0.386 bits per heavy atom. The Morgan fingerprint density at radius 3 is 0.841 bits per heavy atom. The lowest BCUT2D eigenvalue weighted by Crippen LogP contribution is -2.11. The summed E-state index contributed by atoms with van der Waals surface area (Å²) < 4.78 is 0. The molecule has 0 aliphatic rings. The minimum atomic E-state index is -0.164. The molecule has 0 aromatic carbocycles. The zero-order valence-corrected chi connectivity index (χ0v) is 29.6. The second-order valence-electron chi connectivity index (χ2n) is 12.2. The summed E-state index contributed by atoms with van der Waals surface area (Å²) in [6.07, 6.45) is 43.8. The summed E-state index contributed by atoms with van der Waals surface area (Å²) in [5.41, 5.74) is 20.0. The fourth-order valence-electron chi connectivity index (χ4n) is 4.74. The van der Waals surface area contributed by atoms with E-state index in [0.717, 1.165) is 25.7 Å². The Balaban J connectivity index is -0.000000680. The molecule has 262 valence electrons. The van der Waals surface area contributed by atoms with Crippen LogP contribution in [0.1, 0.15) is 194 Å². The van der Waals surface area contributed by atoms with Crippen LogP contribution in [0, 0.1) is 0 Å². The van der Waals surface area contributed by atoms with E-state index in [4.69, 9.17) is 22.9 Å². The van der Waals surface area contributed by atoms with Crippen LogP contribution in [-0.4, -0.2) is 24.9 Å². The molecule has 0 unspecified atom stereocenters. The van der Waals surface area contributed by atoms with Crippen molar-refractivity contribution < 1.29 is 9.59 Å². The molecular weight excluding hydrogens is 544 g/mol. The maximum absolute atomic E-state index is 10.5. The van der Waals surface area contributed by atoms with Crippen LogP contribution in [0.25, 0.3) is 0 Å². The molecule has 6 heteroatoms. The number of amides is 2. The molecule has 0 aromatic heterocycles. The van der Waals surface area contributed by atoms with Gasteiger partial charge in [0.05, 0.1) is 0 Å². The lowest BCUT2D eigenvalue weighted by Gasteiger charge is -1.99. The van der Waals surface area contributed by atoms with Gasteiger partial charge in [-0.1, -0.05) is 141 Å². The van der Waals surface area contributed by atoms with Crippen LogP contribution in [0.5, 0.6) is 0 Å². The second kappa shape index (κ2) is 45.8. The van der Waals surface area contributed by atoms with Gasteiger partial charge in [0.1, 0.15) is 0 Å². The zero-order valence-electron chi connectivity index (χ0n) is 29.6. The van der Waals surface area contributed by atoms with Crippen molar-refractivity contribution in [3.63, 3.8) is 0 Å². The highest BCUT2D eigenvalue weighted by Gasteiger charge is 1.95. The minimum Gasteiger partial charge on any atom is -0.370 e. The first kappa shape index (κ1) is 46.8. The van der Waals surface area contributed by atoms with E-state index in [2.05, 4.69) is 38.2 Å². The number of rotatable bonds is 31. The van der Waals surface area contributed by atoms with Crippen LogP contribution < -0.4 is 22.9 Å². The predicted molar refractivity (Wildman–Crippen MR) is 195 cm³/mol. The van der Waals surface area contributed by atoms with Crippen molar-refractivity contribution in [1.82, 2.24) is 0 Å². The average molecular weight is 623 g/mol. The Bertz CT molecular complexity index is 556. The largest absolute Gasteiger partial charge is 0.370 e. The van der Waals surface area contributed by atoms with Gasteiger partial charge >= 0.3 is 0 Å². The maximum Gasteiger partial charge on any atom is 0.217 e. The molecule has 6 nitrogen and oxygen atoms in total. The van der Waals surface area contributed by atoms with Gasteiger partial charge in [0.2, 0.25) is 11.8 Å². The number of nitrogens with two attached hydrogens (primary N) is 4. The van der Waals surface area contributed by atoms with Crippen molar-refractivity contribution in [3.8, 4) is 0 Å². The summed E-state index contributed by atoms with van der Waals surface area (Å²) >= 11 is 0. The third kappa shape index (κ3) is 56.2. The van der Waals surface area contributed by atoms with Gasteiger partial charge in [-0.15, -0.1) is 0 Å². The molecule has 0 spiro atoms. The molecule has 0 bridgehead atoms. The third-order valence-electron chi connectivity index (χ3n) is 7.54. The highest BCUT2D eigenvalue weighted by Crippen LogP contribution is 2.11. The van der Waals surface area contributed by atoms with E-state index in [1.54, 1.807) is 0 Å². The highest BCUT2D eigenvalue weighted by molar-refractivity contribution is 5.73. The van der Waals surface area contributed by atoms with Gasteiger partial charge in [-0.05, 0) is 64.2 Å². The van der Waals surface area contributed by atoms with Gasteiger partial charge in [-0.25, -0.2) is 0 Å². The van der Waals surface area contributed by atoms with E-state index in [1.807, 2.05) is 0 Å². The standard InChI is InChI=1S/2C18H35NO.C2H8N2/c2*1-2-3-4-5-6-7-8-9-10-11-12-13-14-15-16-17-18(19)20;3-1-2-4/h2*9-10H,2-8,11-17H2,1H3,(H2,19,20);1-4H2. The molecule has 0 aliphatic heterocycles. The number of carbonyl (C=O) groups is 2. The minimum absolute atomic E-state index is 0.164. The molecule has 0 saturated carbocycles. The summed E-state index contributed by atoms with van der Waals surface area (Å²) in [5.74, 6) is -0.328. The van der Waals surface area contributed by atoms with Crippen molar-refractivity contribution in [3.05, 3.63) is 24.3 Å². The first-order chi connectivity index (χ1) is 21.5. The van der Waals surface area contributed by atoms with Crippen LogP contribution in [0.4, 0.5) is 0 Å². The van der Waals surface area contributed by atoms with E-state index in [9.17, 15) is 9.59 Å². The predicted octanol–water partition coefficient (Wildman–Crippen LogP) is 9.92. The summed E-state index contributed by atoms with van der Waals surface area (Å²) in [5, 5.41) is 0. The van der Waals surface area contributed by atoms with Crippen LogP contribution in [0.3, 0.4) is 0 Å². The number of carbonyl (C=O) groups excluding carboxylic acids is 2. The van der Waals surface area contributed by atoms with Crippen molar-refractivity contribution in [2.75, 3.05) is 13.1 Å². The van der Waals surface area contributed by atoms with E-state index in [-0.39, 0.29) is 11.8 Å². The van der Waals surface area contributed by atoms with E-state index < -0.39 is 0 Å². The van der Waals surface area contributed by atoms with E-state index in [0.29, 0.717) is 25.9 Å². The van der Waals surface area contributed by atoms with Crippen molar-refractivity contribution in [2.45, 2.75) is 194 Å². The van der Waals surface area contributed by atoms with Crippen molar-refractivity contribution >= 4 is 11.8 Å². The molecule has 0 radical (unpaired) electrons. The fraction of sp³-hybridized carbons (Fsp3) is 0.842. The monoisotopic (exact) mass is 623 g/mol. The van der Waals surface area contributed by atoms with E-state index in [1.165, 1.54) is 141 Å². The number of hydrogen-bond donors (Lipinski definition) is 4. The van der Waals surface area contributed by atoms with E-state index >= 15 is 0 Å². The van der Waals surface area contributed by atoms with Gasteiger partial charge in [0.15, 0.2) is 0 Å². The molecule has 0 aromatic rings. The quantitative estimate of drug-likeness (QED) is 0.0451. The smallest absolute Gasteiger partial charge is 0.217 e. The van der Waals surface area contributed by atoms with Gasteiger partial charge in [-0.3, -0.25) is 9.59 Å². The molecule has 0 atom stereocenters. The van der Waals surface area contributed by atoms with Crippen LogP contribution in [0.2, 0.25) is 0 Å². The summed E-state index contributed by atoms with van der Waals surface area (Å²) in [4.78, 5) is 21.1. The van der Waals surface area contributed by atoms with Crippen molar-refractivity contribution in [1.29, 1.82) is 0 Å². The second-order valence-corrected chi connectivity index (χ2v) is 12.2. The highest BCUT2D eigenvalue weighted by atomic mass is 16.1. The first-order valence-corrected chi connectivity index (χ1v) is 18.7. The Kier molecular flexibility index (Phi) is 48.6. The van der Waals surface area contributed by atoms with Gasteiger partial charge in [-0.2, -0.15) is 0 Å². The number of allylic oxidation sites excluding steroid dienone is 4. The normalized spacial score (nSPS) is 10.9. The Hall–Kier alpha value is -1.66. The molecule has 8 N–H and O–H groups in total. The zero-order chi connectivity index (χ0) is 33.2. The average Bonchev–Trinajstić information content (AvgIpc) is 3.01. The van der Waals surface area contributed by atoms with Crippen LogP contribution in [-0.2, 0) is 9.59 Å². The third-order valence-corrected chi connectivity index (χ3v) is 7.54. The molecule has 0 fully saturated rings. The molecule has 0 heterocycles. The van der Waals surface area contributed by atoms with Gasteiger partial charge < -0.3 is 22.9 Å². The first-order valence-electron chi connectivity index (χ1n) is 18.7. The van der Waals surface area contributed by atoms with Gasteiger partial charge in [0.25, 0.3) is 0 Å². The fourth-order valence-corrected chi connectivity index (χ4v) is 4.74. The van der Waals surface area contributed by atoms with Crippen molar-refractivity contribution in [2.24, 2.45) is 22.9 Å². The topological polar surface area (TPSA) is 138 Å².